The average Bonchev–Trinajstić information content (AvgIpc) is 2.61. The van der Waals surface area contributed by atoms with Gasteiger partial charge < -0.3 is 10.2 Å². The predicted molar refractivity (Wildman–Crippen MR) is 92.7 cm³/mol. The van der Waals surface area contributed by atoms with Crippen LogP contribution in [0.2, 0.25) is 0 Å². The van der Waals surface area contributed by atoms with Crippen molar-refractivity contribution in [2.24, 2.45) is 9.98 Å². The molecular weight excluding hydrogens is 359 g/mol. The predicted octanol–water partition coefficient (Wildman–Crippen LogP) is 3.33. The van der Waals surface area contributed by atoms with Crippen LogP contribution < -0.4 is 10.2 Å². The first-order chi connectivity index (χ1) is 11.7. The summed E-state index contributed by atoms with van der Waals surface area (Å²) in [5.74, 6) is -0.162. The number of benzene rings is 3. The van der Waals surface area contributed by atoms with E-state index in [1.165, 1.54) is 24.6 Å². The summed E-state index contributed by atoms with van der Waals surface area (Å²) in [5.41, 5.74) is 2.28. The number of rotatable bonds is 4. The quantitative estimate of drug-likeness (QED) is 0.520. The second-order valence-electron chi connectivity index (χ2n) is 5.08. The van der Waals surface area contributed by atoms with E-state index in [-0.39, 0.29) is 28.0 Å². The molecule has 0 saturated carbocycles. The third-order valence-corrected chi connectivity index (χ3v) is 3.41. The van der Waals surface area contributed by atoms with Crippen LogP contribution in [0.5, 0.6) is 11.5 Å². The number of nitrogens with zero attached hydrogens (tertiary/aromatic N) is 2. The van der Waals surface area contributed by atoms with Crippen molar-refractivity contribution in [3.63, 3.8) is 0 Å². The topological polar surface area (TPSA) is 70.8 Å². The molecule has 0 amide bonds. The number of hydrogen-bond donors (Lipinski definition) is 0. The minimum atomic E-state index is -0.0810. The molecular formula is C20H14N2NiO2. The molecule has 0 aliphatic rings. The molecule has 126 valence electrons. The molecule has 3 aromatic carbocycles. The van der Waals surface area contributed by atoms with Crippen molar-refractivity contribution in [2.75, 3.05) is 0 Å². The van der Waals surface area contributed by atoms with Crippen molar-refractivity contribution < 1.29 is 26.7 Å². The van der Waals surface area contributed by atoms with Gasteiger partial charge in [0.1, 0.15) is 0 Å². The van der Waals surface area contributed by atoms with Crippen LogP contribution >= 0.6 is 0 Å². The van der Waals surface area contributed by atoms with E-state index in [2.05, 4.69) is 9.98 Å². The summed E-state index contributed by atoms with van der Waals surface area (Å²) in [7, 11) is 0. The zero-order valence-corrected chi connectivity index (χ0v) is 14.1. The van der Waals surface area contributed by atoms with Crippen molar-refractivity contribution in [2.45, 2.75) is 0 Å². The largest absolute Gasteiger partial charge is 2.00 e. The average molecular weight is 373 g/mol. The van der Waals surface area contributed by atoms with Gasteiger partial charge in [0, 0.05) is 12.4 Å². The fraction of sp³-hybridized carbons (Fsp3) is 0. The molecule has 0 aliphatic heterocycles. The first-order valence-corrected chi connectivity index (χ1v) is 7.43. The first kappa shape index (κ1) is 18.4. The van der Waals surface area contributed by atoms with E-state index in [0.717, 1.165) is 0 Å². The van der Waals surface area contributed by atoms with Gasteiger partial charge >= 0.3 is 16.5 Å². The van der Waals surface area contributed by atoms with Crippen molar-refractivity contribution >= 4 is 23.8 Å². The second-order valence-corrected chi connectivity index (χ2v) is 5.08. The molecule has 0 heterocycles. The maximum absolute atomic E-state index is 11.7. The van der Waals surface area contributed by atoms with Crippen molar-refractivity contribution in [3.05, 3.63) is 83.9 Å². The second kappa shape index (κ2) is 8.81. The smallest absolute Gasteiger partial charge is 0.872 e. The minimum Gasteiger partial charge on any atom is -0.872 e. The van der Waals surface area contributed by atoms with Crippen LogP contribution in [0.1, 0.15) is 11.1 Å². The number of aliphatic imine (C=N–C) groups is 2. The summed E-state index contributed by atoms with van der Waals surface area (Å²) in [6, 6.07) is 20.7. The molecule has 0 unspecified atom stereocenters. The molecule has 0 fully saturated rings. The van der Waals surface area contributed by atoms with E-state index < -0.39 is 0 Å². The maximum Gasteiger partial charge on any atom is 2.00 e. The molecule has 0 bridgehead atoms. The fourth-order valence-electron chi connectivity index (χ4n) is 2.14. The zero-order chi connectivity index (χ0) is 16.8. The van der Waals surface area contributed by atoms with Crippen LogP contribution in [-0.2, 0) is 16.5 Å². The van der Waals surface area contributed by atoms with E-state index in [0.29, 0.717) is 22.5 Å². The van der Waals surface area contributed by atoms with Crippen LogP contribution in [0.3, 0.4) is 0 Å². The Bertz CT molecular complexity index is 833. The summed E-state index contributed by atoms with van der Waals surface area (Å²) in [6.45, 7) is 0. The molecule has 3 rings (SSSR count). The van der Waals surface area contributed by atoms with Crippen molar-refractivity contribution in [1.82, 2.24) is 0 Å². The Balaban J connectivity index is 0.00000225. The Labute approximate surface area is 156 Å². The molecule has 0 N–H and O–H groups in total. The van der Waals surface area contributed by atoms with Gasteiger partial charge in [0.05, 0.1) is 11.4 Å². The summed E-state index contributed by atoms with van der Waals surface area (Å²) in [6.07, 6.45) is 3.05. The van der Waals surface area contributed by atoms with E-state index in [1.807, 2.05) is 12.1 Å². The molecule has 0 atom stereocenters. The molecule has 4 nitrogen and oxygen atoms in total. The summed E-state index contributed by atoms with van der Waals surface area (Å²) >= 11 is 0. The Hall–Kier alpha value is -2.91. The number of para-hydroxylation sites is 4. The van der Waals surface area contributed by atoms with E-state index in [1.54, 1.807) is 48.5 Å². The van der Waals surface area contributed by atoms with Gasteiger partial charge in [0.2, 0.25) is 0 Å². The van der Waals surface area contributed by atoms with Crippen LogP contribution in [0, 0.1) is 0 Å². The summed E-state index contributed by atoms with van der Waals surface area (Å²) < 4.78 is 0. The van der Waals surface area contributed by atoms with E-state index in [4.69, 9.17) is 0 Å². The van der Waals surface area contributed by atoms with E-state index in [9.17, 15) is 10.2 Å². The van der Waals surface area contributed by atoms with Gasteiger partial charge in [-0.05, 0) is 23.3 Å². The standard InChI is InChI=1S/C20H16N2O2.Ni/c23-19-11-5-1-7-15(19)13-21-17-9-3-4-10-18(17)22-14-16-8-2-6-12-20(16)24;/h1-14,23-24H;/q;+2/p-2. The fourth-order valence-corrected chi connectivity index (χ4v) is 2.14. The Morgan fingerprint density at radius 1 is 0.560 bits per heavy atom. The molecule has 0 aliphatic carbocycles. The van der Waals surface area contributed by atoms with Gasteiger partial charge in [-0.25, -0.2) is 0 Å². The molecule has 0 aromatic heterocycles. The Morgan fingerprint density at radius 2 is 0.920 bits per heavy atom. The van der Waals surface area contributed by atoms with Crippen molar-refractivity contribution in [1.29, 1.82) is 0 Å². The van der Waals surface area contributed by atoms with Gasteiger partial charge in [-0.1, -0.05) is 60.7 Å². The van der Waals surface area contributed by atoms with Crippen LogP contribution in [0.15, 0.2) is 82.8 Å². The summed E-state index contributed by atoms with van der Waals surface area (Å²) in [4.78, 5) is 8.71. The third-order valence-electron chi connectivity index (χ3n) is 3.41. The molecule has 25 heavy (non-hydrogen) atoms. The molecule has 0 spiro atoms. The minimum absolute atomic E-state index is 0. The van der Waals surface area contributed by atoms with Gasteiger partial charge in [0.25, 0.3) is 0 Å². The van der Waals surface area contributed by atoms with Gasteiger partial charge in [-0.2, -0.15) is 0 Å². The Kier molecular flexibility index (Phi) is 6.49. The van der Waals surface area contributed by atoms with Crippen LogP contribution in [-0.4, -0.2) is 12.4 Å². The van der Waals surface area contributed by atoms with Crippen LogP contribution in [0.25, 0.3) is 0 Å². The van der Waals surface area contributed by atoms with Gasteiger partial charge in [0.15, 0.2) is 0 Å². The normalized spacial score (nSPS) is 10.9. The van der Waals surface area contributed by atoms with E-state index >= 15 is 0 Å². The van der Waals surface area contributed by atoms with Gasteiger partial charge in [-0.15, -0.1) is 11.5 Å². The van der Waals surface area contributed by atoms with Gasteiger partial charge in [-0.3, -0.25) is 9.98 Å². The maximum atomic E-state index is 11.7. The first-order valence-electron chi connectivity index (χ1n) is 7.43. The Morgan fingerprint density at radius 3 is 1.32 bits per heavy atom. The molecule has 0 saturated heterocycles. The third kappa shape index (κ3) is 4.78. The summed E-state index contributed by atoms with van der Waals surface area (Å²) in [5, 5.41) is 23.4. The zero-order valence-electron chi connectivity index (χ0n) is 13.1. The van der Waals surface area contributed by atoms with Crippen molar-refractivity contribution in [3.8, 4) is 11.5 Å². The molecule has 5 heteroatoms. The molecule has 0 radical (unpaired) electrons. The molecule has 3 aromatic rings. The van der Waals surface area contributed by atoms with Crippen LogP contribution in [0.4, 0.5) is 11.4 Å². The number of hydrogen-bond acceptors (Lipinski definition) is 4. The SMILES string of the molecule is [Ni+2].[O-]c1ccccc1C=Nc1ccccc1N=Cc1ccccc1[O-]. The monoisotopic (exact) mass is 372 g/mol.